The van der Waals surface area contributed by atoms with Gasteiger partial charge >= 0.3 is 0 Å². The summed E-state index contributed by atoms with van der Waals surface area (Å²) < 4.78 is 41.4. The van der Waals surface area contributed by atoms with Crippen LogP contribution in [0.4, 0.5) is 13.2 Å². The molecule has 6 heteroatoms. The zero-order chi connectivity index (χ0) is 10.0. The topological polar surface area (TPSA) is 42.4 Å². The van der Waals surface area contributed by atoms with Gasteiger partial charge in [-0.2, -0.15) is 0 Å². The number of pyridine rings is 1. The molecule has 1 rings (SSSR count). The smallest absolute Gasteiger partial charge is 0.283 e. The van der Waals surface area contributed by atoms with Crippen LogP contribution in [0.5, 0.6) is 11.5 Å². The van der Waals surface area contributed by atoms with Gasteiger partial charge in [-0.15, -0.1) is 0 Å². The SMILES string of the molecule is COc1c(O)cnc(C(F)F)c1F. The average Bonchev–Trinajstić information content (AvgIpc) is 2.04. The van der Waals surface area contributed by atoms with Crippen LogP contribution in [0.3, 0.4) is 0 Å². The van der Waals surface area contributed by atoms with Gasteiger partial charge in [-0.1, -0.05) is 0 Å². The molecule has 0 saturated carbocycles. The fourth-order valence-corrected chi connectivity index (χ4v) is 0.821. The second-order valence-corrected chi connectivity index (χ2v) is 2.18. The van der Waals surface area contributed by atoms with Crippen LogP contribution in [0.25, 0.3) is 0 Å². The lowest BCUT2D eigenvalue weighted by Crippen LogP contribution is -1.99. The van der Waals surface area contributed by atoms with Gasteiger partial charge in [0.15, 0.2) is 17.3 Å². The van der Waals surface area contributed by atoms with E-state index in [-0.39, 0.29) is 0 Å². The Morgan fingerprint density at radius 2 is 2.15 bits per heavy atom. The highest BCUT2D eigenvalue weighted by Gasteiger charge is 2.21. The Labute approximate surface area is 71.8 Å². The van der Waals surface area contributed by atoms with Crippen LogP contribution in [0.1, 0.15) is 12.1 Å². The second-order valence-electron chi connectivity index (χ2n) is 2.18. The zero-order valence-electron chi connectivity index (χ0n) is 6.59. The Balaban J connectivity index is 3.27. The number of methoxy groups -OCH3 is 1. The summed E-state index contributed by atoms with van der Waals surface area (Å²) in [6.45, 7) is 0. The summed E-state index contributed by atoms with van der Waals surface area (Å²) in [5.41, 5.74) is -1.03. The van der Waals surface area contributed by atoms with Crippen LogP contribution >= 0.6 is 0 Å². The number of rotatable bonds is 2. The number of alkyl halides is 2. The van der Waals surface area contributed by atoms with Gasteiger partial charge in [0.2, 0.25) is 0 Å². The van der Waals surface area contributed by atoms with E-state index in [1.807, 2.05) is 0 Å². The molecule has 0 amide bonds. The summed E-state index contributed by atoms with van der Waals surface area (Å²) in [5.74, 6) is -2.56. The van der Waals surface area contributed by atoms with Gasteiger partial charge in [-0.3, -0.25) is 0 Å². The minimum atomic E-state index is -3.03. The van der Waals surface area contributed by atoms with Gasteiger partial charge in [-0.25, -0.2) is 18.2 Å². The monoisotopic (exact) mass is 193 g/mol. The van der Waals surface area contributed by atoms with E-state index in [1.54, 1.807) is 0 Å². The number of aromatic hydroxyl groups is 1. The quantitative estimate of drug-likeness (QED) is 0.779. The molecule has 72 valence electrons. The first-order chi connectivity index (χ1) is 6.07. The predicted molar refractivity (Wildman–Crippen MR) is 37.4 cm³/mol. The van der Waals surface area contributed by atoms with Crippen molar-refractivity contribution in [3.05, 3.63) is 17.7 Å². The van der Waals surface area contributed by atoms with Crippen LogP contribution in [0.15, 0.2) is 6.20 Å². The maximum absolute atomic E-state index is 13.0. The molecule has 3 nitrogen and oxygen atoms in total. The van der Waals surface area contributed by atoms with Crippen molar-refractivity contribution in [1.82, 2.24) is 4.98 Å². The van der Waals surface area contributed by atoms with Crippen molar-refractivity contribution in [3.63, 3.8) is 0 Å². The summed E-state index contributed by atoms with van der Waals surface area (Å²) in [6.07, 6.45) is -2.32. The highest BCUT2D eigenvalue weighted by molar-refractivity contribution is 5.39. The first-order valence-electron chi connectivity index (χ1n) is 3.27. The van der Waals surface area contributed by atoms with Crippen LogP contribution in [0, 0.1) is 5.82 Å². The van der Waals surface area contributed by atoms with Crippen molar-refractivity contribution in [1.29, 1.82) is 0 Å². The fourth-order valence-electron chi connectivity index (χ4n) is 0.821. The van der Waals surface area contributed by atoms with Crippen LogP contribution in [-0.2, 0) is 0 Å². The van der Waals surface area contributed by atoms with Crippen molar-refractivity contribution in [2.75, 3.05) is 7.11 Å². The van der Waals surface area contributed by atoms with Gasteiger partial charge in [0, 0.05) is 0 Å². The minimum absolute atomic E-state index is 0.607. The van der Waals surface area contributed by atoms with Crippen molar-refractivity contribution >= 4 is 0 Å². The Kier molecular flexibility index (Phi) is 2.60. The normalized spacial score (nSPS) is 10.5. The molecule has 0 unspecified atom stereocenters. The van der Waals surface area contributed by atoms with E-state index in [1.165, 1.54) is 0 Å². The van der Waals surface area contributed by atoms with Crippen molar-refractivity contribution in [2.45, 2.75) is 6.43 Å². The van der Waals surface area contributed by atoms with E-state index < -0.39 is 29.4 Å². The number of aromatic nitrogens is 1. The molecule has 0 spiro atoms. The van der Waals surface area contributed by atoms with Crippen molar-refractivity contribution in [2.24, 2.45) is 0 Å². The Morgan fingerprint density at radius 3 is 2.62 bits per heavy atom. The van der Waals surface area contributed by atoms with E-state index >= 15 is 0 Å². The summed E-state index contributed by atoms with van der Waals surface area (Å²) >= 11 is 0. The van der Waals surface area contributed by atoms with Crippen LogP contribution in [-0.4, -0.2) is 17.2 Å². The number of hydrogen-bond donors (Lipinski definition) is 1. The molecular weight excluding hydrogens is 187 g/mol. The van der Waals surface area contributed by atoms with E-state index in [0.717, 1.165) is 7.11 Å². The van der Waals surface area contributed by atoms with Crippen molar-refractivity contribution < 1.29 is 23.0 Å². The first-order valence-corrected chi connectivity index (χ1v) is 3.27. The summed E-state index contributed by atoms with van der Waals surface area (Å²) in [5, 5.41) is 8.93. The lowest BCUT2D eigenvalue weighted by molar-refractivity contribution is 0.139. The molecule has 0 fully saturated rings. The van der Waals surface area contributed by atoms with Crippen molar-refractivity contribution in [3.8, 4) is 11.5 Å². The zero-order valence-corrected chi connectivity index (χ0v) is 6.59. The molecule has 0 aliphatic heterocycles. The highest BCUT2D eigenvalue weighted by Crippen LogP contribution is 2.32. The van der Waals surface area contributed by atoms with E-state index in [4.69, 9.17) is 5.11 Å². The van der Waals surface area contributed by atoms with E-state index in [0.29, 0.717) is 6.20 Å². The Hall–Kier alpha value is -1.46. The molecule has 0 aromatic carbocycles. The summed E-state index contributed by atoms with van der Waals surface area (Å²) in [4.78, 5) is 3.03. The van der Waals surface area contributed by atoms with Gasteiger partial charge in [0.1, 0.15) is 5.69 Å². The standard InChI is InChI=1S/C7H6F3NO2/c1-13-6-3(12)2-11-5(4(6)8)7(9)10/h2,7,12H,1H3. The van der Waals surface area contributed by atoms with E-state index in [9.17, 15) is 13.2 Å². The second kappa shape index (κ2) is 3.51. The molecule has 1 heterocycles. The first kappa shape index (κ1) is 9.63. The predicted octanol–water partition coefficient (Wildman–Crippen LogP) is 1.87. The molecule has 1 aromatic heterocycles. The Morgan fingerprint density at radius 1 is 1.54 bits per heavy atom. The van der Waals surface area contributed by atoms with Crippen LogP contribution in [0.2, 0.25) is 0 Å². The molecule has 0 atom stereocenters. The summed E-state index contributed by atoms with van der Waals surface area (Å²) in [7, 11) is 1.06. The van der Waals surface area contributed by atoms with Crippen LogP contribution < -0.4 is 4.74 Å². The number of halogens is 3. The average molecular weight is 193 g/mol. The van der Waals surface area contributed by atoms with Gasteiger partial charge in [-0.05, 0) is 0 Å². The molecule has 1 aromatic rings. The third-order valence-corrected chi connectivity index (χ3v) is 1.39. The maximum atomic E-state index is 13.0. The molecule has 0 aliphatic carbocycles. The minimum Gasteiger partial charge on any atom is -0.503 e. The molecule has 0 saturated heterocycles. The third-order valence-electron chi connectivity index (χ3n) is 1.39. The van der Waals surface area contributed by atoms with E-state index in [2.05, 4.69) is 9.72 Å². The number of ether oxygens (including phenoxy) is 1. The third kappa shape index (κ3) is 1.66. The maximum Gasteiger partial charge on any atom is 0.283 e. The molecule has 0 aliphatic rings. The lowest BCUT2D eigenvalue weighted by atomic mass is 10.3. The number of nitrogens with zero attached hydrogens (tertiary/aromatic N) is 1. The number of hydrogen-bond acceptors (Lipinski definition) is 3. The molecule has 13 heavy (non-hydrogen) atoms. The molecule has 0 radical (unpaired) electrons. The lowest BCUT2D eigenvalue weighted by Gasteiger charge is -2.06. The van der Waals surface area contributed by atoms with Gasteiger partial charge < -0.3 is 9.84 Å². The highest BCUT2D eigenvalue weighted by atomic mass is 19.3. The molecule has 0 bridgehead atoms. The fraction of sp³-hybridized carbons (Fsp3) is 0.286. The molecule has 1 N–H and O–H groups in total. The molecular formula is C7H6F3NO2. The summed E-state index contributed by atoms with van der Waals surface area (Å²) in [6, 6.07) is 0. The largest absolute Gasteiger partial charge is 0.503 e. The van der Waals surface area contributed by atoms with Gasteiger partial charge in [0.25, 0.3) is 6.43 Å². The Bertz CT molecular complexity index is 317. The van der Waals surface area contributed by atoms with Gasteiger partial charge in [0.05, 0.1) is 13.3 Å².